The number of hydrogen-bond donors (Lipinski definition) is 6. The van der Waals surface area contributed by atoms with Crippen LogP contribution in [-0.4, -0.2) is 66.5 Å². The molecule has 27 heavy (non-hydrogen) atoms. The molecule has 0 aliphatic carbocycles. The van der Waals surface area contributed by atoms with Gasteiger partial charge in [0.2, 0.25) is 5.91 Å². The molecule has 0 bridgehead atoms. The average molecular weight is 401 g/mol. The van der Waals surface area contributed by atoms with E-state index in [2.05, 4.69) is 10.3 Å². The van der Waals surface area contributed by atoms with E-state index in [1.807, 2.05) is 24.4 Å². The summed E-state index contributed by atoms with van der Waals surface area (Å²) in [6, 6.07) is 6.01. The zero-order valence-corrected chi connectivity index (χ0v) is 15.7. The van der Waals surface area contributed by atoms with Crippen molar-refractivity contribution in [1.29, 1.82) is 5.41 Å². The first-order valence-electron chi connectivity index (χ1n) is 7.68. The molecule has 0 radical (unpaired) electrons. The molecule has 0 saturated carbocycles. The Bertz CT molecular complexity index is 887. The summed E-state index contributed by atoms with van der Waals surface area (Å²) in [5, 5.41) is 10.5. The van der Waals surface area contributed by atoms with E-state index in [0.29, 0.717) is 13.1 Å². The van der Waals surface area contributed by atoms with E-state index in [4.69, 9.17) is 33.4 Å². The number of H-pyrrole nitrogens is 1. The Kier molecular flexibility index (Phi) is 8.18. The number of carbonyl (C=O) groups is 1. The van der Waals surface area contributed by atoms with Crippen molar-refractivity contribution < 1.29 is 27.1 Å². The van der Waals surface area contributed by atoms with Gasteiger partial charge in [-0.15, -0.1) is 0 Å². The van der Waals surface area contributed by atoms with Gasteiger partial charge in [-0.1, -0.05) is 0 Å². The molecular weight excluding hydrogens is 378 g/mol. The summed E-state index contributed by atoms with van der Waals surface area (Å²) in [6.45, 7) is 0.989. The lowest BCUT2D eigenvalue weighted by molar-refractivity contribution is -0.118. The number of nitrogens with zero attached hydrogens (tertiary/aromatic N) is 1. The Morgan fingerprint density at radius 3 is 2.41 bits per heavy atom. The third kappa shape index (κ3) is 8.04. The van der Waals surface area contributed by atoms with Gasteiger partial charge >= 0.3 is 10.4 Å². The molecular formula is C15H23N5O6S. The van der Waals surface area contributed by atoms with Crippen LogP contribution in [0.4, 0.5) is 0 Å². The van der Waals surface area contributed by atoms with Crippen molar-refractivity contribution in [2.24, 2.45) is 5.73 Å². The monoisotopic (exact) mass is 401 g/mol. The Labute approximate surface area is 156 Å². The number of guanidine groups is 1. The number of nitrogens with one attached hydrogen (secondary N) is 3. The molecule has 150 valence electrons. The van der Waals surface area contributed by atoms with E-state index >= 15 is 0 Å². The molecule has 1 fully saturated rings. The van der Waals surface area contributed by atoms with Crippen LogP contribution in [0.5, 0.6) is 5.75 Å². The summed E-state index contributed by atoms with van der Waals surface area (Å²) in [5.74, 6) is 0.975. The fourth-order valence-corrected chi connectivity index (χ4v) is 2.21. The van der Waals surface area contributed by atoms with Gasteiger partial charge in [-0.3, -0.25) is 24.6 Å². The highest BCUT2D eigenvalue weighted by atomic mass is 32.3. The molecule has 1 saturated heterocycles. The maximum absolute atomic E-state index is 10.4. The number of likely N-dealkylation sites (N-methyl/N-ethyl adjacent to an activating group) is 1. The summed E-state index contributed by atoms with van der Waals surface area (Å²) in [7, 11) is -1.29. The minimum Gasteiger partial charge on any atom is -0.497 e. The van der Waals surface area contributed by atoms with Crippen LogP contribution in [-0.2, 0) is 21.6 Å². The third-order valence-electron chi connectivity index (χ3n) is 3.41. The van der Waals surface area contributed by atoms with Crippen molar-refractivity contribution in [1.82, 2.24) is 15.2 Å². The highest BCUT2D eigenvalue weighted by Gasteiger charge is 2.18. The number of carbonyl (C=O) groups excluding carboxylic acids is 1. The smallest absolute Gasteiger partial charge is 0.394 e. The van der Waals surface area contributed by atoms with Crippen LogP contribution in [0.2, 0.25) is 0 Å². The molecule has 11 nitrogen and oxygen atoms in total. The van der Waals surface area contributed by atoms with E-state index in [1.165, 1.54) is 10.9 Å². The topological polar surface area (TPSA) is 182 Å². The van der Waals surface area contributed by atoms with Crippen LogP contribution in [0.1, 0.15) is 5.56 Å². The number of methoxy groups -OCH3 is 1. The van der Waals surface area contributed by atoms with Crippen LogP contribution >= 0.6 is 0 Å². The van der Waals surface area contributed by atoms with Gasteiger partial charge in [0.05, 0.1) is 13.7 Å². The summed E-state index contributed by atoms with van der Waals surface area (Å²) < 4.78 is 36.8. The van der Waals surface area contributed by atoms with E-state index in [9.17, 15) is 4.79 Å². The fourth-order valence-electron chi connectivity index (χ4n) is 2.21. The van der Waals surface area contributed by atoms with Gasteiger partial charge < -0.3 is 20.4 Å². The molecule has 1 aromatic carbocycles. The Morgan fingerprint density at radius 2 is 2.00 bits per heavy atom. The van der Waals surface area contributed by atoms with E-state index < -0.39 is 10.4 Å². The summed E-state index contributed by atoms with van der Waals surface area (Å²) >= 11 is 0. The van der Waals surface area contributed by atoms with E-state index in [0.717, 1.165) is 17.7 Å². The summed E-state index contributed by atoms with van der Waals surface area (Å²) in [5.41, 5.74) is 7.92. The molecule has 1 aliphatic rings. The number of amides is 1. The highest BCUT2D eigenvalue weighted by Crippen LogP contribution is 2.23. The molecule has 1 aliphatic heterocycles. The number of nitrogens with two attached hydrogens (primary N) is 1. The van der Waals surface area contributed by atoms with Crippen molar-refractivity contribution in [3.05, 3.63) is 30.0 Å². The zero-order valence-electron chi connectivity index (χ0n) is 14.9. The first-order valence-corrected chi connectivity index (χ1v) is 9.08. The van der Waals surface area contributed by atoms with Gasteiger partial charge in [0.25, 0.3) is 0 Å². The lowest BCUT2D eigenvalue weighted by Gasteiger charge is -2.03. The Morgan fingerprint density at radius 1 is 1.37 bits per heavy atom. The number of aromatic nitrogens is 1. The lowest BCUT2D eigenvalue weighted by atomic mass is 10.1. The predicted molar refractivity (Wildman–Crippen MR) is 100 cm³/mol. The summed E-state index contributed by atoms with van der Waals surface area (Å²) in [4.78, 5) is 15.1. The van der Waals surface area contributed by atoms with Crippen LogP contribution < -0.4 is 15.8 Å². The quantitative estimate of drug-likeness (QED) is 0.389. The first kappa shape index (κ1) is 22.4. The standard InChI is InChI=1S/C11H14N2O.C4H7N3O.H2O4S/c1-14-9-2-3-11-10(6-9)8(4-5-12)7-13-11;1-7-2-3(8)6-4(7)5;1-5(2,3)4/h2-3,6-7,13H,4-5,12H2,1H3;2H2,1H3,(H2,5,6,8);(H2,1,2,3,4). The number of ether oxygens (including phenoxy) is 1. The molecule has 12 heteroatoms. The SMILES string of the molecule is CN1CC(=O)NC1=N.COc1ccc2[nH]cc(CCN)c2c1.O=S(=O)(O)O. The van der Waals surface area contributed by atoms with Crippen molar-refractivity contribution >= 4 is 33.2 Å². The van der Waals surface area contributed by atoms with Crippen molar-refractivity contribution in [2.75, 3.05) is 27.2 Å². The Balaban J connectivity index is 0.000000237. The van der Waals surface area contributed by atoms with Gasteiger partial charge in [0.15, 0.2) is 5.96 Å². The number of benzene rings is 1. The molecule has 7 N–H and O–H groups in total. The largest absolute Gasteiger partial charge is 0.497 e. The average Bonchev–Trinajstić information content (AvgIpc) is 3.09. The van der Waals surface area contributed by atoms with Gasteiger partial charge in [-0.25, -0.2) is 0 Å². The molecule has 0 unspecified atom stereocenters. The molecule has 0 atom stereocenters. The second-order valence-corrected chi connectivity index (χ2v) is 6.36. The maximum Gasteiger partial charge on any atom is 0.394 e. The minimum absolute atomic E-state index is 0.0995. The number of aromatic amines is 1. The predicted octanol–water partition coefficient (Wildman–Crippen LogP) is 0.00767. The minimum atomic E-state index is -4.67. The maximum atomic E-state index is 10.4. The van der Waals surface area contributed by atoms with Crippen molar-refractivity contribution in [2.45, 2.75) is 6.42 Å². The van der Waals surface area contributed by atoms with Gasteiger partial charge in [-0.2, -0.15) is 8.42 Å². The van der Waals surface area contributed by atoms with Crippen LogP contribution in [0.15, 0.2) is 24.4 Å². The molecule has 2 aromatic rings. The molecule has 2 heterocycles. The van der Waals surface area contributed by atoms with Gasteiger partial charge in [-0.05, 0) is 36.7 Å². The van der Waals surface area contributed by atoms with Gasteiger partial charge in [0, 0.05) is 24.1 Å². The fraction of sp³-hybridized carbons (Fsp3) is 0.333. The van der Waals surface area contributed by atoms with Crippen LogP contribution in [0, 0.1) is 5.41 Å². The van der Waals surface area contributed by atoms with Crippen molar-refractivity contribution in [3.63, 3.8) is 0 Å². The second-order valence-electron chi connectivity index (χ2n) is 5.46. The van der Waals surface area contributed by atoms with E-state index in [-0.39, 0.29) is 11.9 Å². The molecule has 0 spiro atoms. The molecule has 1 amide bonds. The van der Waals surface area contributed by atoms with Crippen molar-refractivity contribution in [3.8, 4) is 5.75 Å². The summed E-state index contributed by atoms with van der Waals surface area (Å²) in [6.07, 6.45) is 2.91. The third-order valence-corrected chi connectivity index (χ3v) is 3.41. The van der Waals surface area contributed by atoms with Gasteiger partial charge in [0.1, 0.15) is 5.75 Å². The van der Waals surface area contributed by atoms with E-state index in [1.54, 1.807) is 19.1 Å². The van der Waals surface area contributed by atoms with Crippen LogP contribution in [0.25, 0.3) is 10.9 Å². The normalized spacial score (nSPS) is 13.4. The second kappa shape index (κ2) is 9.87. The number of fused-ring (bicyclic) bond motifs is 1. The molecule has 3 rings (SSSR count). The Hall–Kier alpha value is -2.67. The lowest BCUT2D eigenvalue weighted by Crippen LogP contribution is -2.25. The number of rotatable bonds is 3. The number of hydrogen-bond acceptors (Lipinski definition) is 6. The molecule has 1 aromatic heterocycles. The highest BCUT2D eigenvalue weighted by molar-refractivity contribution is 7.79. The zero-order chi connectivity index (χ0) is 20.6. The first-order chi connectivity index (χ1) is 12.5. The van der Waals surface area contributed by atoms with Crippen LogP contribution in [0.3, 0.4) is 0 Å².